The van der Waals surface area contributed by atoms with Crippen molar-refractivity contribution in [3.63, 3.8) is 0 Å². The maximum Gasteiger partial charge on any atom is 0.234 e. The number of fused-ring (bicyclic) bond motifs is 1. The highest BCUT2D eigenvalue weighted by atomic mass is 35.5. The van der Waals surface area contributed by atoms with E-state index in [1.807, 2.05) is 13.0 Å². The Morgan fingerprint density at radius 3 is 2.96 bits per heavy atom. The fourth-order valence-electron chi connectivity index (χ4n) is 2.83. The molecular formula is C18H16ClN7OS. The lowest BCUT2D eigenvalue weighted by Gasteiger charge is -2.11. The number of carbonyl (C=O) groups excluding carboxylic acids is 1. The van der Waals surface area contributed by atoms with E-state index in [2.05, 4.69) is 29.9 Å². The largest absolute Gasteiger partial charge is 0.323 e. The Balaban J connectivity index is 1.51. The first-order chi connectivity index (χ1) is 13.7. The van der Waals surface area contributed by atoms with Crippen LogP contribution in [0.3, 0.4) is 0 Å². The van der Waals surface area contributed by atoms with Gasteiger partial charge < -0.3 is 9.88 Å². The molecule has 28 heavy (non-hydrogen) atoms. The molecule has 3 heterocycles. The molecule has 0 atom stereocenters. The van der Waals surface area contributed by atoms with Gasteiger partial charge in [-0.15, -0.1) is 0 Å². The molecule has 0 fully saturated rings. The number of aromatic nitrogens is 6. The van der Waals surface area contributed by atoms with Crippen molar-refractivity contribution in [2.24, 2.45) is 0 Å². The fourth-order valence-corrected chi connectivity index (χ4v) is 3.88. The number of carbonyl (C=O) groups is 1. The first-order valence-electron chi connectivity index (χ1n) is 8.53. The number of imidazole rings is 1. The maximum absolute atomic E-state index is 12.6. The molecule has 1 N–H and O–H groups in total. The number of amides is 1. The van der Waals surface area contributed by atoms with Crippen molar-refractivity contribution in [1.82, 2.24) is 29.3 Å². The van der Waals surface area contributed by atoms with Crippen LogP contribution in [0.4, 0.5) is 5.69 Å². The number of nitrogens with one attached hydrogen (secondary N) is 1. The monoisotopic (exact) mass is 413 g/mol. The van der Waals surface area contributed by atoms with E-state index in [-0.39, 0.29) is 11.7 Å². The normalized spacial score (nSPS) is 11.1. The molecule has 0 spiro atoms. The second-order valence-corrected chi connectivity index (χ2v) is 7.22. The van der Waals surface area contributed by atoms with Crippen molar-refractivity contribution in [2.75, 3.05) is 11.1 Å². The highest BCUT2D eigenvalue weighted by Crippen LogP contribution is 2.26. The number of benzene rings is 1. The zero-order chi connectivity index (χ0) is 19.5. The molecule has 0 saturated heterocycles. The predicted molar refractivity (Wildman–Crippen MR) is 109 cm³/mol. The molecule has 0 bridgehead atoms. The Morgan fingerprint density at radius 2 is 2.18 bits per heavy atom. The predicted octanol–water partition coefficient (Wildman–Crippen LogP) is 3.42. The van der Waals surface area contributed by atoms with Gasteiger partial charge in [0, 0.05) is 17.8 Å². The van der Waals surface area contributed by atoms with Crippen molar-refractivity contribution >= 4 is 46.0 Å². The molecule has 0 aliphatic carbocycles. The third-order valence-electron chi connectivity index (χ3n) is 4.06. The average molecular weight is 414 g/mol. The Labute approximate surface area is 170 Å². The number of anilines is 1. The minimum absolute atomic E-state index is 0.165. The number of halogens is 1. The quantitative estimate of drug-likeness (QED) is 0.487. The lowest BCUT2D eigenvalue weighted by Crippen LogP contribution is -2.16. The van der Waals surface area contributed by atoms with E-state index in [9.17, 15) is 4.79 Å². The number of nitrogens with zero attached hydrogens (tertiary/aromatic N) is 6. The summed E-state index contributed by atoms with van der Waals surface area (Å²) in [6.07, 6.45) is 6.45. The third-order valence-corrected chi connectivity index (χ3v) is 5.27. The summed E-state index contributed by atoms with van der Waals surface area (Å²) in [5.41, 5.74) is 3.07. The van der Waals surface area contributed by atoms with Crippen molar-refractivity contribution < 1.29 is 4.79 Å². The van der Waals surface area contributed by atoms with Crippen LogP contribution in [0, 0.1) is 0 Å². The Kier molecular flexibility index (Phi) is 5.27. The van der Waals surface area contributed by atoms with E-state index in [0.29, 0.717) is 16.4 Å². The number of hydrogen-bond acceptors (Lipinski definition) is 6. The van der Waals surface area contributed by atoms with E-state index in [0.717, 1.165) is 22.7 Å². The van der Waals surface area contributed by atoms with Crippen LogP contribution in [0.25, 0.3) is 16.7 Å². The van der Waals surface area contributed by atoms with E-state index < -0.39 is 0 Å². The lowest BCUT2D eigenvalue weighted by molar-refractivity contribution is -0.113. The summed E-state index contributed by atoms with van der Waals surface area (Å²) in [5, 5.41) is 8.31. The SMILES string of the molecule is CCn1c(SCC(=O)Nc2cc(Cl)ccc2-n2cncn2)nc2cnccc21. The molecule has 4 rings (SSSR count). The van der Waals surface area contributed by atoms with Gasteiger partial charge in [0.1, 0.15) is 18.2 Å². The summed E-state index contributed by atoms with van der Waals surface area (Å²) < 4.78 is 3.64. The molecule has 0 unspecified atom stereocenters. The smallest absolute Gasteiger partial charge is 0.234 e. The molecule has 0 saturated carbocycles. The molecule has 10 heteroatoms. The van der Waals surface area contributed by atoms with Crippen LogP contribution < -0.4 is 5.32 Å². The minimum Gasteiger partial charge on any atom is -0.323 e. The fraction of sp³-hybridized carbons (Fsp3) is 0.167. The summed E-state index contributed by atoms with van der Waals surface area (Å²) in [5.74, 6) is 0.0431. The molecule has 3 aromatic heterocycles. The lowest BCUT2D eigenvalue weighted by atomic mass is 10.2. The Bertz CT molecular complexity index is 1130. The minimum atomic E-state index is -0.165. The van der Waals surface area contributed by atoms with Crippen LogP contribution in [-0.2, 0) is 11.3 Å². The second kappa shape index (κ2) is 7.99. The summed E-state index contributed by atoms with van der Waals surface area (Å²) in [6.45, 7) is 2.80. The number of thioether (sulfide) groups is 1. The van der Waals surface area contributed by atoms with E-state index in [4.69, 9.17) is 11.6 Å². The van der Waals surface area contributed by atoms with Gasteiger partial charge in [-0.2, -0.15) is 5.10 Å². The summed E-state index contributed by atoms with van der Waals surface area (Å²) in [6, 6.07) is 7.13. The molecule has 1 aromatic carbocycles. The van der Waals surface area contributed by atoms with Gasteiger partial charge in [-0.3, -0.25) is 9.78 Å². The Morgan fingerprint density at radius 1 is 1.29 bits per heavy atom. The summed E-state index contributed by atoms with van der Waals surface area (Å²) >= 11 is 7.47. The number of rotatable bonds is 6. The first-order valence-corrected chi connectivity index (χ1v) is 9.89. The van der Waals surface area contributed by atoms with E-state index in [1.165, 1.54) is 18.1 Å². The van der Waals surface area contributed by atoms with Gasteiger partial charge in [0.25, 0.3) is 0 Å². The molecule has 1 amide bonds. The molecule has 4 aromatic rings. The van der Waals surface area contributed by atoms with Gasteiger partial charge in [-0.25, -0.2) is 14.6 Å². The molecule has 0 aliphatic heterocycles. The molecular weight excluding hydrogens is 398 g/mol. The van der Waals surface area contributed by atoms with Crippen LogP contribution in [0.2, 0.25) is 5.02 Å². The van der Waals surface area contributed by atoms with Crippen molar-refractivity contribution in [1.29, 1.82) is 0 Å². The molecule has 0 radical (unpaired) electrons. The van der Waals surface area contributed by atoms with Crippen molar-refractivity contribution in [3.05, 3.63) is 54.3 Å². The van der Waals surface area contributed by atoms with Crippen LogP contribution >= 0.6 is 23.4 Å². The summed E-state index contributed by atoms with van der Waals surface area (Å²) in [4.78, 5) is 25.2. The first kappa shape index (κ1) is 18.5. The second-order valence-electron chi connectivity index (χ2n) is 5.84. The molecule has 142 valence electrons. The average Bonchev–Trinajstić information content (AvgIpc) is 3.34. The molecule has 0 aliphatic rings. The highest BCUT2D eigenvalue weighted by molar-refractivity contribution is 7.99. The zero-order valence-electron chi connectivity index (χ0n) is 14.9. The number of pyridine rings is 1. The standard InChI is InChI=1S/C18H16ClN7OS/c1-2-25-15-5-6-20-8-14(15)24-18(25)28-9-17(27)23-13-7-12(19)3-4-16(13)26-11-21-10-22-26/h3-8,10-11H,2,9H2,1H3,(H,23,27). The third kappa shape index (κ3) is 3.71. The Hall–Kier alpha value is -2.91. The summed E-state index contributed by atoms with van der Waals surface area (Å²) in [7, 11) is 0. The zero-order valence-corrected chi connectivity index (χ0v) is 16.5. The van der Waals surface area contributed by atoms with Gasteiger partial charge >= 0.3 is 0 Å². The van der Waals surface area contributed by atoms with E-state index >= 15 is 0 Å². The van der Waals surface area contributed by atoms with Crippen molar-refractivity contribution in [2.45, 2.75) is 18.6 Å². The number of aryl methyl sites for hydroxylation is 1. The van der Waals surface area contributed by atoms with Gasteiger partial charge in [0.2, 0.25) is 5.91 Å². The molecule has 8 nitrogen and oxygen atoms in total. The van der Waals surface area contributed by atoms with Crippen LogP contribution in [0.1, 0.15) is 6.92 Å². The van der Waals surface area contributed by atoms with Gasteiger partial charge in [-0.05, 0) is 31.2 Å². The van der Waals surface area contributed by atoms with Crippen LogP contribution in [-0.4, -0.2) is 41.0 Å². The maximum atomic E-state index is 12.6. The number of hydrogen-bond donors (Lipinski definition) is 1. The van der Waals surface area contributed by atoms with Gasteiger partial charge in [0.05, 0.1) is 28.8 Å². The highest BCUT2D eigenvalue weighted by Gasteiger charge is 2.14. The van der Waals surface area contributed by atoms with Crippen LogP contribution in [0.15, 0.2) is 54.5 Å². The van der Waals surface area contributed by atoms with E-state index in [1.54, 1.807) is 41.6 Å². The topological polar surface area (TPSA) is 90.5 Å². The van der Waals surface area contributed by atoms with Gasteiger partial charge in [0.15, 0.2) is 5.16 Å². The van der Waals surface area contributed by atoms with Gasteiger partial charge in [-0.1, -0.05) is 23.4 Å². The van der Waals surface area contributed by atoms with Crippen molar-refractivity contribution in [3.8, 4) is 5.69 Å². The van der Waals surface area contributed by atoms with Crippen LogP contribution in [0.5, 0.6) is 0 Å².